The summed E-state index contributed by atoms with van der Waals surface area (Å²) in [4.78, 5) is 4.24. The van der Waals surface area contributed by atoms with E-state index in [1.807, 2.05) is 24.5 Å². The van der Waals surface area contributed by atoms with Crippen LogP contribution in [-0.2, 0) is 11.3 Å². The summed E-state index contributed by atoms with van der Waals surface area (Å²) in [5, 5.41) is 4.32. The van der Waals surface area contributed by atoms with Crippen molar-refractivity contribution in [3.8, 4) is 11.1 Å². The van der Waals surface area contributed by atoms with E-state index in [-0.39, 0.29) is 0 Å². The molecule has 0 aliphatic heterocycles. The highest BCUT2D eigenvalue weighted by Gasteiger charge is 2.02. The van der Waals surface area contributed by atoms with Crippen molar-refractivity contribution in [1.29, 1.82) is 0 Å². The molecular weight excluding hydrogens is 226 g/mol. The fraction of sp³-hybridized carbons (Fsp3) is 0.143. The van der Waals surface area contributed by atoms with Gasteiger partial charge in [0.25, 0.3) is 0 Å². The van der Waals surface area contributed by atoms with E-state index in [2.05, 4.69) is 28.3 Å². The van der Waals surface area contributed by atoms with Gasteiger partial charge < -0.3 is 4.74 Å². The molecule has 0 atom stereocenters. The van der Waals surface area contributed by atoms with Gasteiger partial charge in [-0.25, -0.2) is 9.50 Å². The number of fused-ring (bicyclic) bond motifs is 1. The van der Waals surface area contributed by atoms with Gasteiger partial charge in [0.05, 0.1) is 12.8 Å². The first-order valence-corrected chi connectivity index (χ1v) is 5.74. The Hall–Kier alpha value is -2.20. The molecule has 1 aromatic carbocycles. The van der Waals surface area contributed by atoms with Crippen molar-refractivity contribution < 1.29 is 4.74 Å². The Balaban J connectivity index is 2.04. The van der Waals surface area contributed by atoms with Gasteiger partial charge in [0.2, 0.25) is 0 Å². The number of hydrogen-bond donors (Lipinski definition) is 0. The van der Waals surface area contributed by atoms with Crippen LogP contribution in [0.15, 0.2) is 48.9 Å². The van der Waals surface area contributed by atoms with Gasteiger partial charge >= 0.3 is 0 Å². The number of imidazole rings is 1. The molecule has 90 valence electrons. The third-order valence-electron chi connectivity index (χ3n) is 2.83. The molecule has 0 saturated carbocycles. The molecule has 0 spiro atoms. The lowest BCUT2D eigenvalue weighted by Crippen LogP contribution is -1.92. The van der Waals surface area contributed by atoms with Gasteiger partial charge in [0.1, 0.15) is 0 Å². The fourth-order valence-electron chi connectivity index (χ4n) is 1.98. The van der Waals surface area contributed by atoms with Crippen LogP contribution in [0.4, 0.5) is 0 Å². The minimum Gasteiger partial charge on any atom is -0.380 e. The number of methoxy groups -OCH3 is 1. The van der Waals surface area contributed by atoms with Gasteiger partial charge in [-0.1, -0.05) is 18.2 Å². The van der Waals surface area contributed by atoms with Crippen molar-refractivity contribution in [3.05, 3.63) is 54.5 Å². The lowest BCUT2D eigenvalue weighted by atomic mass is 10.1. The smallest absolute Gasteiger partial charge is 0.154 e. The molecule has 0 bridgehead atoms. The molecule has 4 nitrogen and oxygen atoms in total. The zero-order valence-electron chi connectivity index (χ0n) is 10.1. The van der Waals surface area contributed by atoms with Gasteiger partial charge in [0, 0.05) is 25.1 Å². The normalized spacial score (nSPS) is 10.9. The first-order valence-electron chi connectivity index (χ1n) is 5.74. The number of aromatic nitrogens is 3. The summed E-state index contributed by atoms with van der Waals surface area (Å²) in [7, 11) is 1.70. The van der Waals surface area contributed by atoms with Crippen LogP contribution < -0.4 is 0 Å². The highest BCUT2D eigenvalue weighted by Crippen LogP contribution is 2.20. The Labute approximate surface area is 105 Å². The molecule has 0 N–H and O–H groups in total. The minimum absolute atomic E-state index is 0.618. The molecule has 0 saturated heterocycles. The molecule has 0 radical (unpaired) electrons. The summed E-state index contributed by atoms with van der Waals surface area (Å²) >= 11 is 0. The van der Waals surface area contributed by atoms with E-state index in [1.165, 1.54) is 0 Å². The topological polar surface area (TPSA) is 39.4 Å². The molecule has 4 heteroatoms. The zero-order chi connectivity index (χ0) is 12.4. The lowest BCUT2D eigenvalue weighted by molar-refractivity contribution is 0.185. The Morgan fingerprint density at radius 2 is 2.17 bits per heavy atom. The van der Waals surface area contributed by atoms with Crippen LogP contribution in [-0.4, -0.2) is 21.7 Å². The first kappa shape index (κ1) is 10.9. The number of benzene rings is 1. The molecule has 3 rings (SSSR count). The van der Waals surface area contributed by atoms with Crippen molar-refractivity contribution in [2.24, 2.45) is 0 Å². The fourth-order valence-corrected chi connectivity index (χ4v) is 1.98. The van der Waals surface area contributed by atoms with Crippen LogP contribution in [0.2, 0.25) is 0 Å². The van der Waals surface area contributed by atoms with E-state index in [0.717, 1.165) is 22.3 Å². The van der Waals surface area contributed by atoms with Gasteiger partial charge in [0.15, 0.2) is 5.65 Å². The van der Waals surface area contributed by atoms with Gasteiger partial charge in [-0.15, -0.1) is 0 Å². The third kappa shape index (κ3) is 1.98. The number of nitrogens with zero attached hydrogens (tertiary/aromatic N) is 3. The minimum atomic E-state index is 0.618. The predicted molar refractivity (Wildman–Crippen MR) is 69.1 cm³/mol. The van der Waals surface area contributed by atoms with E-state index in [4.69, 9.17) is 4.74 Å². The predicted octanol–water partition coefficient (Wildman–Crippen LogP) is 2.54. The number of rotatable bonds is 3. The standard InChI is InChI=1S/C14H13N3O/c1-18-10-11-3-2-4-12(7-11)13-8-14-15-5-6-17(14)16-9-13/h2-9H,10H2,1H3. The average Bonchev–Trinajstić information content (AvgIpc) is 2.86. The highest BCUT2D eigenvalue weighted by molar-refractivity contribution is 5.66. The van der Waals surface area contributed by atoms with E-state index in [0.29, 0.717) is 6.61 Å². The molecule has 0 unspecified atom stereocenters. The summed E-state index contributed by atoms with van der Waals surface area (Å²) in [6.45, 7) is 0.618. The van der Waals surface area contributed by atoms with E-state index in [1.54, 1.807) is 17.8 Å². The SMILES string of the molecule is COCc1cccc(-c2cnn3ccnc3c2)c1. The van der Waals surface area contributed by atoms with Crippen LogP contribution in [0.25, 0.3) is 16.8 Å². The van der Waals surface area contributed by atoms with Crippen LogP contribution in [0.3, 0.4) is 0 Å². The zero-order valence-corrected chi connectivity index (χ0v) is 10.1. The molecule has 0 fully saturated rings. The molecule has 2 aromatic heterocycles. The van der Waals surface area contributed by atoms with E-state index < -0.39 is 0 Å². The summed E-state index contributed by atoms with van der Waals surface area (Å²) in [6, 6.07) is 10.3. The maximum atomic E-state index is 5.14. The van der Waals surface area contributed by atoms with Crippen molar-refractivity contribution in [2.45, 2.75) is 6.61 Å². The summed E-state index contributed by atoms with van der Waals surface area (Å²) in [6.07, 6.45) is 5.43. The maximum absolute atomic E-state index is 5.14. The average molecular weight is 239 g/mol. The van der Waals surface area contributed by atoms with Gasteiger partial charge in [-0.3, -0.25) is 0 Å². The van der Waals surface area contributed by atoms with Crippen LogP contribution in [0, 0.1) is 0 Å². The number of hydrogen-bond acceptors (Lipinski definition) is 3. The largest absolute Gasteiger partial charge is 0.380 e. The van der Waals surface area contributed by atoms with Crippen molar-refractivity contribution in [1.82, 2.24) is 14.6 Å². The maximum Gasteiger partial charge on any atom is 0.154 e. The van der Waals surface area contributed by atoms with E-state index in [9.17, 15) is 0 Å². The van der Waals surface area contributed by atoms with Crippen LogP contribution in [0.1, 0.15) is 5.56 Å². The van der Waals surface area contributed by atoms with Crippen LogP contribution in [0.5, 0.6) is 0 Å². The number of ether oxygens (including phenoxy) is 1. The monoisotopic (exact) mass is 239 g/mol. The second-order valence-electron chi connectivity index (χ2n) is 4.11. The Morgan fingerprint density at radius 1 is 1.22 bits per heavy atom. The van der Waals surface area contributed by atoms with Crippen molar-refractivity contribution >= 4 is 5.65 Å². The Kier molecular flexibility index (Phi) is 2.78. The van der Waals surface area contributed by atoms with Crippen molar-refractivity contribution in [2.75, 3.05) is 7.11 Å². The summed E-state index contributed by atoms with van der Waals surface area (Å²) < 4.78 is 6.90. The first-order chi connectivity index (χ1) is 8.86. The summed E-state index contributed by atoms with van der Waals surface area (Å²) in [5.41, 5.74) is 4.19. The lowest BCUT2D eigenvalue weighted by Gasteiger charge is -2.05. The van der Waals surface area contributed by atoms with E-state index >= 15 is 0 Å². The molecule has 3 aromatic rings. The molecule has 0 amide bonds. The second kappa shape index (κ2) is 4.58. The Morgan fingerprint density at radius 3 is 3.06 bits per heavy atom. The van der Waals surface area contributed by atoms with Gasteiger partial charge in [-0.2, -0.15) is 5.10 Å². The quantitative estimate of drug-likeness (QED) is 0.705. The molecule has 0 aliphatic carbocycles. The van der Waals surface area contributed by atoms with Crippen molar-refractivity contribution in [3.63, 3.8) is 0 Å². The Bertz CT molecular complexity index is 675. The molecular formula is C14H13N3O. The molecule has 18 heavy (non-hydrogen) atoms. The molecule has 2 heterocycles. The van der Waals surface area contributed by atoms with Gasteiger partial charge in [-0.05, 0) is 23.3 Å². The third-order valence-corrected chi connectivity index (χ3v) is 2.83. The molecule has 0 aliphatic rings. The van der Waals surface area contributed by atoms with Crippen LogP contribution >= 0.6 is 0 Å². The summed E-state index contributed by atoms with van der Waals surface area (Å²) in [5.74, 6) is 0. The second-order valence-corrected chi connectivity index (χ2v) is 4.11. The highest BCUT2D eigenvalue weighted by atomic mass is 16.5.